The molecular weight excluding hydrogens is 665 g/mol. The number of para-hydroxylation sites is 1. The lowest BCUT2D eigenvalue weighted by Gasteiger charge is -2.29. The number of carbonyl (C=O) groups excluding carboxylic acids is 2. The molecule has 0 aromatic heterocycles. The van der Waals surface area contributed by atoms with Gasteiger partial charge in [0.25, 0.3) is 0 Å². The maximum Gasteiger partial charge on any atom is 0.337 e. The molecule has 6 rings (SSSR count). The Morgan fingerprint density at radius 1 is 0.714 bits per heavy atom. The number of rotatable bonds is 10. The van der Waals surface area contributed by atoms with E-state index in [1.165, 1.54) is 6.07 Å². The van der Waals surface area contributed by atoms with Gasteiger partial charge in [-0.2, -0.15) is 0 Å². The van der Waals surface area contributed by atoms with Gasteiger partial charge < -0.3 is 30.5 Å². The highest BCUT2D eigenvalue weighted by molar-refractivity contribution is 6.42. The molecule has 0 unspecified atom stereocenters. The molecule has 0 atom stereocenters. The zero-order chi connectivity index (χ0) is 34.3. The maximum absolute atomic E-state index is 12.5. The third kappa shape index (κ3) is 9.01. The molecule has 49 heavy (non-hydrogen) atoms. The molecule has 0 radical (unpaired) electrons. The molecule has 4 N–H and O–H groups in total. The van der Waals surface area contributed by atoms with Crippen LogP contribution in [0.1, 0.15) is 41.6 Å². The molecule has 0 spiro atoms. The number of hydrogen-bond acceptors (Lipinski definition) is 5. The van der Waals surface area contributed by atoms with Crippen LogP contribution in [-0.4, -0.2) is 35.2 Å². The molecule has 5 aromatic carbocycles. The van der Waals surface area contributed by atoms with E-state index < -0.39 is 5.97 Å². The van der Waals surface area contributed by atoms with E-state index >= 15 is 0 Å². The van der Waals surface area contributed by atoms with E-state index in [0.717, 1.165) is 47.8 Å². The summed E-state index contributed by atoms with van der Waals surface area (Å²) in [6.07, 6.45) is 3.42. The van der Waals surface area contributed by atoms with Crippen LogP contribution in [0, 0.1) is 0 Å². The van der Waals surface area contributed by atoms with Gasteiger partial charge in [-0.25, -0.2) is 9.59 Å². The fourth-order valence-electron chi connectivity index (χ4n) is 5.75. The number of halogens is 2. The summed E-state index contributed by atoms with van der Waals surface area (Å²) in [5.41, 5.74) is 1.64. The lowest BCUT2D eigenvalue weighted by molar-refractivity contribution is -0.115. The Morgan fingerprint density at radius 3 is 2.10 bits per heavy atom. The summed E-state index contributed by atoms with van der Waals surface area (Å²) in [7, 11) is 0. The highest BCUT2D eigenvalue weighted by atomic mass is 35.5. The van der Waals surface area contributed by atoms with Gasteiger partial charge in [-0.15, -0.1) is 0 Å². The third-order valence-corrected chi connectivity index (χ3v) is 8.97. The second kappa shape index (κ2) is 15.3. The quantitative estimate of drug-likeness (QED) is 0.115. The number of nitrogens with one attached hydrogen (secondary N) is 3. The second-order valence-corrected chi connectivity index (χ2v) is 12.6. The van der Waals surface area contributed by atoms with Crippen molar-refractivity contribution in [2.24, 2.45) is 0 Å². The van der Waals surface area contributed by atoms with Crippen molar-refractivity contribution in [3.8, 4) is 17.2 Å². The number of hydrogen-bond donors (Lipinski definition) is 4. The third-order valence-electron chi connectivity index (χ3n) is 8.23. The van der Waals surface area contributed by atoms with Crippen molar-refractivity contribution >= 4 is 63.3 Å². The topological polar surface area (TPSA) is 126 Å². The molecule has 5 aromatic rings. The van der Waals surface area contributed by atoms with E-state index in [1.54, 1.807) is 60.7 Å². The van der Waals surface area contributed by atoms with Crippen LogP contribution in [0.5, 0.6) is 17.2 Å². The number of anilines is 2. The predicted molar refractivity (Wildman–Crippen MR) is 191 cm³/mol. The van der Waals surface area contributed by atoms with Crippen LogP contribution >= 0.6 is 23.2 Å². The number of ether oxygens (including phenoxy) is 2. The summed E-state index contributed by atoms with van der Waals surface area (Å²) < 4.78 is 12.4. The highest BCUT2D eigenvalue weighted by Gasteiger charge is 2.24. The van der Waals surface area contributed by atoms with Crippen LogP contribution in [0.25, 0.3) is 10.8 Å². The van der Waals surface area contributed by atoms with Crippen molar-refractivity contribution in [3.05, 3.63) is 124 Å². The lowest BCUT2D eigenvalue weighted by atomic mass is 9.93. The zero-order valence-electron chi connectivity index (χ0n) is 26.2. The number of benzene rings is 5. The molecule has 250 valence electrons. The molecule has 1 fully saturated rings. The van der Waals surface area contributed by atoms with Gasteiger partial charge in [0.05, 0.1) is 33.8 Å². The summed E-state index contributed by atoms with van der Waals surface area (Å²) in [4.78, 5) is 36.4. The molecule has 0 saturated heterocycles. The Hall–Kier alpha value is -5.25. The maximum atomic E-state index is 12.5. The van der Waals surface area contributed by atoms with E-state index in [-0.39, 0.29) is 41.8 Å². The second-order valence-electron chi connectivity index (χ2n) is 11.8. The van der Waals surface area contributed by atoms with E-state index in [9.17, 15) is 19.5 Å². The normalized spacial score (nSPS) is 15.6. The standard InChI is InChI=1S/C38H33Cl2N3O6/c39-33-18-11-27(22-34(33)40)42-38(47)41-26-9-16-29(17-10-26)49-31-15-8-24-20-30(14-7-25(24)21-31)48-28-12-5-23(6-13-28)19-36(44)43-35-4-2-1-3-32(35)37(45)46/h1-8,11-15,18,20-22,26,29H,9-10,16-17,19H2,(H,43,44)(H,45,46)(H2,41,42,47). The highest BCUT2D eigenvalue weighted by Crippen LogP contribution is 2.31. The molecule has 1 aliphatic carbocycles. The van der Waals surface area contributed by atoms with Gasteiger partial charge in [0.15, 0.2) is 0 Å². The number of urea groups is 1. The van der Waals surface area contributed by atoms with Crippen molar-refractivity contribution in [1.82, 2.24) is 5.32 Å². The van der Waals surface area contributed by atoms with Crippen LogP contribution in [0.15, 0.2) is 103 Å². The van der Waals surface area contributed by atoms with E-state index in [1.807, 2.05) is 36.4 Å². The average Bonchev–Trinajstić information content (AvgIpc) is 3.08. The van der Waals surface area contributed by atoms with Gasteiger partial charge >= 0.3 is 12.0 Å². The Bertz CT molecular complexity index is 1990. The summed E-state index contributed by atoms with van der Waals surface area (Å²) in [5, 5.41) is 20.7. The molecule has 11 heteroatoms. The molecule has 1 aliphatic rings. The average molecular weight is 699 g/mol. The van der Waals surface area contributed by atoms with Gasteiger partial charge in [0, 0.05) is 11.7 Å². The fraction of sp³-hybridized carbons (Fsp3) is 0.184. The van der Waals surface area contributed by atoms with Crippen molar-refractivity contribution in [3.63, 3.8) is 0 Å². The van der Waals surface area contributed by atoms with Gasteiger partial charge in [0.1, 0.15) is 17.2 Å². The van der Waals surface area contributed by atoms with Gasteiger partial charge in [-0.1, -0.05) is 59.6 Å². The minimum atomic E-state index is -1.10. The van der Waals surface area contributed by atoms with Crippen LogP contribution in [0.4, 0.5) is 16.2 Å². The van der Waals surface area contributed by atoms with Crippen molar-refractivity contribution < 1.29 is 29.0 Å². The first kappa shape index (κ1) is 33.6. The molecule has 0 bridgehead atoms. The molecule has 1 saturated carbocycles. The monoisotopic (exact) mass is 697 g/mol. The molecule has 0 heterocycles. The summed E-state index contributed by atoms with van der Waals surface area (Å²) in [5.74, 6) is 0.671. The zero-order valence-corrected chi connectivity index (χ0v) is 27.8. The van der Waals surface area contributed by atoms with Crippen molar-refractivity contribution in [2.45, 2.75) is 44.2 Å². The largest absolute Gasteiger partial charge is 0.490 e. The SMILES string of the molecule is O=C(Cc1ccc(Oc2ccc3cc(OC4CCC(NC(=O)Nc5ccc(Cl)c(Cl)c5)CC4)ccc3c2)cc1)Nc1ccccc1C(=O)O. The van der Waals surface area contributed by atoms with Crippen molar-refractivity contribution in [2.75, 3.05) is 10.6 Å². The molecule has 3 amide bonds. The van der Waals surface area contributed by atoms with Crippen LogP contribution in [0.2, 0.25) is 10.0 Å². The Labute approximate surface area is 293 Å². The number of fused-ring (bicyclic) bond motifs is 1. The smallest absolute Gasteiger partial charge is 0.337 e. The molecule has 0 aliphatic heterocycles. The Balaban J connectivity index is 0.971. The van der Waals surface area contributed by atoms with Crippen molar-refractivity contribution in [1.29, 1.82) is 0 Å². The number of amides is 3. The predicted octanol–water partition coefficient (Wildman–Crippen LogP) is 9.33. The van der Waals surface area contributed by atoms with E-state index in [2.05, 4.69) is 16.0 Å². The minimum Gasteiger partial charge on any atom is -0.490 e. The summed E-state index contributed by atoms with van der Waals surface area (Å²) >= 11 is 12.0. The van der Waals surface area contributed by atoms with Gasteiger partial charge in [-0.3, -0.25) is 4.79 Å². The summed E-state index contributed by atoms with van der Waals surface area (Å²) in [6.45, 7) is 0. The number of carboxylic acid groups (broad SMARTS) is 1. The van der Waals surface area contributed by atoms with Crippen LogP contribution < -0.4 is 25.4 Å². The Kier molecular flexibility index (Phi) is 10.5. The Morgan fingerprint density at radius 2 is 1.39 bits per heavy atom. The van der Waals surface area contributed by atoms with Crippen LogP contribution in [-0.2, 0) is 11.2 Å². The minimum absolute atomic E-state index is 0.0388. The molecule has 9 nitrogen and oxygen atoms in total. The van der Waals surface area contributed by atoms with Gasteiger partial charge in [0.2, 0.25) is 5.91 Å². The summed E-state index contributed by atoms with van der Waals surface area (Å²) in [6, 6.07) is 30.0. The van der Waals surface area contributed by atoms with E-state index in [0.29, 0.717) is 27.2 Å². The number of aromatic carboxylic acids is 1. The molecular formula is C38H33Cl2N3O6. The first-order valence-electron chi connectivity index (χ1n) is 15.8. The first-order valence-corrected chi connectivity index (χ1v) is 16.6. The fourth-order valence-corrected chi connectivity index (χ4v) is 6.05. The van der Waals surface area contributed by atoms with E-state index in [4.69, 9.17) is 32.7 Å². The first-order chi connectivity index (χ1) is 23.7. The lowest BCUT2D eigenvalue weighted by Crippen LogP contribution is -2.41. The van der Waals surface area contributed by atoms with Crippen LogP contribution in [0.3, 0.4) is 0 Å². The van der Waals surface area contributed by atoms with Gasteiger partial charge in [-0.05, 0) is 109 Å². The number of carbonyl (C=O) groups is 3. The number of carboxylic acids is 1.